The van der Waals surface area contributed by atoms with Crippen molar-refractivity contribution in [3.05, 3.63) is 16.1 Å². The first-order valence-electron chi connectivity index (χ1n) is 4.89. The third-order valence-corrected chi connectivity index (χ3v) is 3.50. The summed E-state index contributed by atoms with van der Waals surface area (Å²) in [4.78, 5) is 4.59. The Bertz CT molecular complexity index is 289. The van der Waals surface area contributed by atoms with Crippen LogP contribution in [0.15, 0.2) is 5.38 Å². The standard InChI is InChI=1S/C10H16N2S/c1-6(2)9(11)10-12-8(5-13-10)7-3-4-7/h5-7,9H,3-4,11H2,1-2H3. The molecule has 72 valence electrons. The fraction of sp³-hybridized carbons (Fsp3) is 0.700. The number of thiazole rings is 1. The Balaban J connectivity index is 2.11. The Morgan fingerprint density at radius 3 is 2.77 bits per heavy atom. The van der Waals surface area contributed by atoms with Crippen molar-refractivity contribution in [3.8, 4) is 0 Å². The fourth-order valence-electron chi connectivity index (χ4n) is 1.31. The van der Waals surface area contributed by atoms with E-state index in [2.05, 4.69) is 24.2 Å². The predicted molar refractivity (Wildman–Crippen MR) is 55.9 cm³/mol. The Hall–Kier alpha value is -0.410. The van der Waals surface area contributed by atoms with Crippen molar-refractivity contribution in [1.29, 1.82) is 0 Å². The second-order valence-corrected chi connectivity index (χ2v) is 5.04. The van der Waals surface area contributed by atoms with Crippen LogP contribution < -0.4 is 5.73 Å². The highest BCUT2D eigenvalue weighted by Gasteiger charge is 2.27. The smallest absolute Gasteiger partial charge is 0.110 e. The third kappa shape index (κ3) is 1.92. The molecule has 1 atom stereocenters. The molecule has 2 rings (SSSR count). The van der Waals surface area contributed by atoms with Gasteiger partial charge in [-0.15, -0.1) is 11.3 Å². The average Bonchev–Trinajstić information content (AvgIpc) is 2.83. The molecule has 3 heteroatoms. The molecular weight excluding hydrogens is 180 g/mol. The zero-order chi connectivity index (χ0) is 9.42. The van der Waals surface area contributed by atoms with Crippen molar-refractivity contribution in [2.45, 2.75) is 38.6 Å². The van der Waals surface area contributed by atoms with Crippen LogP contribution in [-0.4, -0.2) is 4.98 Å². The maximum atomic E-state index is 6.02. The number of nitrogens with zero attached hydrogens (tertiary/aromatic N) is 1. The zero-order valence-corrected chi connectivity index (χ0v) is 8.97. The maximum Gasteiger partial charge on any atom is 0.110 e. The molecule has 1 saturated carbocycles. The van der Waals surface area contributed by atoms with Gasteiger partial charge in [0, 0.05) is 11.3 Å². The van der Waals surface area contributed by atoms with Crippen molar-refractivity contribution in [1.82, 2.24) is 4.98 Å². The molecule has 1 heterocycles. The van der Waals surface area contributed by atoms with Crippen LogP contribution in [0.1, 0.15) is 49.4 Å². The summed E-state index contributed by atoms with van der Waals surface area (Å²) in [5.74, 6) is 1.24. The van der Waals surface area contributed by atoms with E-state index < -0.39 is 0 Å². The molecule has 1 aromatic heterocycles. The van der Waals surface area contributed by atoms with Gasteiger partial charge in [-0.3, -0.25) is 0 Å². The van der Waals surface area contributed by atoms with Gasteiger partial charge in [0.2, 0.25) is 0 Å². The van der Waals surface area contributed by atoms with Gasteiger partial charge in [0.05, 0.1) is 11.7 Å². The molecule has 0 bridgehead atoms. The second kappa shape index (κ2) is 3.39. The largest absolute Gasteiger partial charge is 0.322 e. The molecule has 0 amide bonds. The quantitative estimate of drug-likeness (QED) is 0.807. The van der Waals surface area contributed by atoms with Crippen LogP contribution in [0.25, 0.3) is 0 Å². The Labute approximate surface area is 83.2 Å². The normalized spacial score (nSPS) is 19.4. The van der Waals surface area contributed by atoms with Crippen LogP contribution >= 0.6 is 11.3 Å². The number of nitrogens with two attached hydrogens (primary N) is 1. The van der Waals surface area contributed by atoms with Gasteiger partial charge in [0.15, 0.2) is 0 Å². The predicted octanol–water partition coefficient (Wildman–Crippen LogP) is 2.68. The summed E-state index contributed by atoms with van der Waals surface area (Å²) in [6.07, 6.45) is 2.64. The van der Waals surface area contributed by atoms with Crippen molar-refractivity contribution in [2.24, 2.45) is 11.7 Å². The molecule has 2 N–H and O–H groups in total. The monoisotopic (exact) mass is 196 g/mol. The summed E-state index contributed by atoms with van der Waals surface area (Å²) in [5, 5.41) is 3.28. The number of hydrogen-bond acceptors (Lipinski definition) is 3. The first-order valence-corrected chi connectivity index (χ1v) is 5.77. The molecule has 1 aliphatic rings. The van der Waals surface area contributed by atoms with E-state index in [4.69, 9.17) is 5.73 Å². The molecule has 0 aromatic carbocycles. The number of hydrogen-bond donors (Lipinski definition) is 1. The highest BCUT2D eigenvalue weighted by Crippen LogP contribution is 2.40. The molecule has 1 fully saturated rings. The molecule has 1 unspecified atom stereocenters. The average molecular weight is 196 g/mol. The maximum absolute atomic E-state index is 6.02. The molecule has 0 saturated heterocycles. The molecule has 1 aliphatic carbocycles. The first-order chi connectivity index (χ1) is 6.18. The minimum atomic E-state index is 0.123. The van der Waals surface area contributed by atoms with E-state index in [1.807, 2.05) is 0 Å². The van der Waals surface area contributed by atoms with Gasteiger partial charge in [0.1, 0.15) is 5.01 Å². The van der Waals surface area contributed by atoms with Gasteiger partial charge < -0.3 is 5.73 Å². The van der Waals surface area contributed by atoms with Gasteiger partial charge in [-0.05, 0) is 18.8 Å². The van der Waals surface area contributed by atoms with E-state index in [9.17, 15) is 0 Å². The van der Waals surface area contributed by atoms with Crippen LogP contribution in [0, 0.1) is 5.92 Å². The minimum absolute atomic E-state index is 0.123. The molecule has 2 nitrogen and oxygen atoms in total. The zero-order valence-electron chi connectivity index (χ0n) is 8.16. The highest BCUT2D eigenvalue weighted by molar-refractivity contribution is 7.09. The van der Waals surface area contributed by atoms with E-state index >= 15 is 0 Å². The van der Waals surface area contributed by atoms with Crippen molar-refractivity contribution >= 4 is 11.3 Å². The number of rotatable bonds is 3. The summed E-state index contributed by atoms with van der Waals surface area (Å²) in [7, 11) is 0. The van der Waals surface area contributed by atoms with Gasteiger partial charge in [-0.1, -0.05) is 13.8 Å². The lowest BCUT2D eigenvalue weighted by Gasteiger charge is -2.11. The Morgan fingerprint density at radius 2 is 2.23 bits per heavy atom. The molecule has 13 heavy (non-hydrogen) atoms. The summed E-state index contributed by atoms with van der Waals surface area (Å²) in [6.45, 7) is 4.28. The van der Waals surface area contributed by atoms with Gasteiger partial charge >= 0.3 is 0 Å². The topological polar surface area (TPSA) is 38.9 Å². The van der Waals surface area contributed by atoms with E-state index in [-0.39, 0.29) is 6.04 Å². The molecule has 0 aliphatic heterocycles. The van der Waals surface area contributed by atoms with Crippen molar-refractivity contribution < 1.29 is 0 Å². The number of aromatic nitrogens is 1. The van der Waals surface area contributed by atoms with Crippen LogP contribution in [0.5, 0.6) is 0 Å². The lowest BCUT2D eigenvalue weighted by atomic mass is 10.1. The minimum Gasteiger partial charge on any atom is -0.322 e. The third-order valence-electron chi connectivity index (χ3n) is 2.54. The second-order valence-electron chi connectivity index (χ2n) is 4.15. The molecule has 0 spiro atoms. The van der Waals surface area contributed by atoms with E-state index in [0.717, 1.165) is 10.9 Å². The lowest BCUT2D eigenvalue weighted by molar-refractivity contribution is 0.511. The van der Waals surface area contributed by atoms with Crippen molar-refractivity contribution in [2.75, 3.05) is 0 Å². The highest BCUT2D eigenvalue weighted by atomic mass is 32.1. The van der Waals surface area contributed by atoms with Crippen LogP contribution in [0.4, 0.5) is 0 Å². The molecular formula is C10H16N2S. The molecule has 0 radical (unpaired) electrons. The van der Waals surface area contributed by atoms with Gasteiger partial charge in [-0.2, -0.15) is 0 Å². The Kier molecular flexibility index (Phi) is 2.39. The lowest BCUT2D eigenvalue weighted by Crippen LogP contribution is -2.16. The van der Waals surface area contributed by atoms with Crippen LogP contribution in [0.3, 0.4) is 0 Å². The van der Waals surface area contributed by atoms with Crippen molar-refractivity contribution in [3.63, 3.8) is 0 Å². The van der Waals surface area contributed by atoms with Gasteiger partial charge in [-0.25, -0.2) is 4.98 Å². The summed E-state index contributed by atoms with van der Waals surface area (Å²) in [5.41, 5.74) is 7.29. The van der Waals surface area contributed by atoms with E-state index in [1.165, 1.54) is 18.5 Å². The summed E-state index contributed by atoms with van der Waals surface area (Å²) in [6, 6.07) is 0.123. The van der Waals surface area contributed by atoms with E-state index in [0.29, 0.717) is 5.92 Å². The van der Waals surface area contributed by atoms with Crippen LogP contribution in [0.2, 0.25) is 0 Å². The fourth-order valence-corrected chi connectivity index (χ4v) is 2.38. The summed E-state index contributed by atoms with van der Waals surface area (Å²) >= 11 is 1.72. The van der Waals surface area contributed by atoms with Gasteiger partial charge in [0.25, 0.3) is 0 Å². The summed E-state index contributed by atoms with van der Waals surface area (Å²) < 4.78 is 0. The first kappa shape index (κ1) is 9.16. The molecule has 1 aromatic rings. The Morgan fingerprint density at radius 1 is 1.54 bits per heavy atom. The van der Waals surface area contributed by atoms with E-state index in [1.54, 1.807) is 11.3 Å². The SMILES string of the molecule is CC(C)C(N)c1nc(C2CC2)cs1. The van der Waals surface area contributed by atoms with Crippen LogP contribution in [-0.2, 0) is 0 Å².